The zero-order valence-electron chi connectivity index (χ0n) is 8.80. The Balaban J connectivity index is 2.50. The van der Waals surface area contributed by atoms with E-state index in [2.05, 4.69) is 37.2 Å². The minimum Gasteiger partial charge on any atom is -0.396 e. The molecular formula is C10H13Br2NO2S. The molecule has 0 radical (unpaired) electrons. The fraction of sp³-hybridized carbons (Fsp3) is 0.500. The molecule has 1 aromatic rings. The van der Waals surface area contributed by atoms with Gasteiger partial charge in [0.15, 0.2) is 0 Å². The highest BCUT2D eigenvalue weighted by molar-refractivity contribution is 9.12. The molecule has 0 spiro atoms. The van der Waals surface area contributed by atoms with Crippen LogP contribution in [0, 0.1) is 5.92 Å². The molecule has 0 saturated heterocycles. The zero-order valence-corrected chi connectivity index (χ0v) is 12.8. The lowest BCUT2D eigenvalue weighted by Gasteiger charge is -2.10. The molecule has 1 rings (SSSR count). The number of amides is 1. The van der Waals surface area contributed by atoms with Crippen molar-refractivity contribution in [3.8, 4) is 0 Å². The molecule has 1 atom stereocenters. The van der Waals surface area contributed by atoms with Crippen LogP contribution in [-0.2, 0) is 0 Å². The molecule has 0 aliphatic rings. The first-order valence-electron chi connectivity index (χ1n) is 4.88. The van der Waals surface area contributed by atoms with Crippen LogP contribution in [0.2, 0.25) is 0 Å². The molecule has 0 aliphatic carbocycles. The van der Waals surface area contributed by atoms with Gasteiger partial charge in [-0.05, 0) is 50.3 Å². The summed E-state index contributed by atoms with van der Waals surface area (Å²) in [6.45, 7) is 2.74. The fourth-order valence-electron chi connectivity index (χ4n) is 1.18. The van der Waals surface area contributed by atoms with E-state index in [0.29, 0.717) is 18.5 Å². The van der Waals surface area contributed by atoms with Gasteiger partial charge in [-0.25, -0.2) is 0 Å². The second kappa shape index (κ2) is 6.74. The average Bonchev–Trinajstić information content (AvgIpc) is 2.55. The highest BCUT2D eigenvalue weighted by Gasteiger charge is 2.13. The highest BCUT2D eigenvalue weighted by Crippen LogP contribution is 2.31. The maximum atomic E-state index is 11.8. The summed E-state index contributed by atoms with van der Waals surface area (Å²) in [6.07, 6.45) is 0.703. The van der Waals surface area contributed by atoms with E-state index in [1.165, 1.54) is 11.3 Å². The van der Waals surface area contributed by atoms with Crippen molar-refractivity contribution in [2.45, 2.75) is 13.3 Å². The third-order valence-electron chi connectivity index (χ3n) is 2.13. The van der Waals surface area contributed by atoms with E-state index in [4.69, 9.17) is 5.11 Å². The van der Waals surface area contributed by atoms with E-state index in [0.717, 1.165) is 7.57 Å². The molecule has 0 fully saturated rings. The largest absolute Gasteiger partial charge is 0.396 e. The molecule has 1 unspecified atom stereocenters. The molecule has 16 heavy (non-hydrogen) atoms. The summed E-state index contributed by atoms with van der Waals surface area (Å²) in [5.41, 5.74) is 0.646. The molecule has 0 aliphatic heterocycles. The number of halogens is 2. The number of carbonyl (C=O) groups excluding carboxylic acids is 1. The van der Waals surface area contributed by atoms with Crippen molar-refractivity contribution in [3.05, 3.63) is 19.2 Å². The summed E-state index contributed by atoms with van der Waals surface area (Å²) >= 11 is 8.15. The lowest BCUT2D eigenvalue weighted by Crippen LogP contribution is -2.28. The quantitative estimate of drug-likeness (QED) is 0.836. The first-order valence-corrected chi connectivity index (χ1v) is 7.28. The Morgan fingerprint density at radius 1 is 1.62 bits per heavy atom. The van der Waals surface area contributed by atoms with Gasteiger partial charge < -0.3 is 10.4 Å². The second-order valence-corrected chi connectivity index (χ2v) is 7.31. The minimum atomic E-state index is -0.0846. The van der Waals surface area contributed by atoms with Gasteiger partial charge in [0.05, 0.1) is 13.1 Å². The third-order valence-corrected chi connectivity index (χ3v) is 4.47. The molecule has 1 aromatic heterocycles. The second-order valence-electron chi connectivity index (χ2n) is 3.57. The van der Waals surface area contributed by atoms with Crippen molar-refractivity contribution in [2.24, 2.45) is 5.92 Å². The van der Waals surface area contributed by atoms with Crippen LogP contribution in [-0.4, -0.2) is 24.2 Å². The number of rotatable bonds is 5. The number of carbonyl (C=O) groups is 1. The van der Waals surface area contributed by atoms with E-state index in [1.54, 1.807) is 6.07 Å². The molecule has 0 bridgehead atoms. The van der Waals surface area contributed by atoms with E-state index in [1.807, 2.05) is 6.92 Å². The van der Waals surface area contributed by atoms with Gasteiger partial charge in [-0.3, -0.25) is 4.79 Å². The van der Waals surface area contributed by atoms with Crippen LogP contribution < -0.4 is 5.32 Å². The normalized spacial score (nSPS) is 12.5. The third kappa shape index (κ3) is 4.16. The summed E-state index contributed by atoms with van der Waals surface area (Å²) in [7, 11) is 0. The summed E-state index contributed by atoms with van der Waals surface area (Å²) in [4.78, 5) is 11.8. The van der Waals surface area contributed by atoms with Crippen molar-refractivity contribution in [1.82, 2.24) is 5.32 Å². The molecule has 1 heterocycles. The molecule has 2 N–H and O–H groups in total. The molecule has 0 saturated carbocycles. The van der Waals surface area contributed by atoms with Crippen LogP contribution in [0.5, 0.6) is 0 Å². The summed E-state index contributed by atoms with van der Waals surface area (Å²) in [5, 5.41) is 11.6. The number of nitrogens with one attached hydrogen (secondary N) is 1. The van der Waals surface area contributed by atoms with Crippen LogP contribution in [0.4, 0.5) is 0 Å². The van der Waals surface area contributed by atoms with Crippen LogP contribution in [0.15, 0.2) is 13.6 Å². The van der Waals surface area contributed by atoms with E-state index in [-0.39, 0.29) is 18.4 Å². The maximum absolute atomic E-state index is 11.8. The van der Waals surface area contributed by atoms with Gasteiger partial charge >= 0.3 is 0 Å². The van der Waals surface area contributed by atoms with Gasteiger partial charge in [0, 0.05) is 13.2 Å². The number of aliphatic hydroxyl groups excluding tert-OH is 1. The van der Waals surface area contributed by atoms with E-state index in [9.17, 15) is 4.79 Å². The number of hydrogen-bond acceptors (Lipinski definition) is 3. The van der Waals surface area contributed by atoms with E-state index < -0.39 is 0 Å². The molecular weight excluding hydrogens is 358 g/mol. The fourth-order valence-corrected chi connectivity index (χ4v) is 3.97. The monoisotopic (exact) mass is 369 g/mol. The highest BCUT2D eigenvalue weighted by atomic mass is 79.9. The minimum absolute atomic E-state index is 0.0846. The van der Waals surface area contributed by atoms with Crippen LogP contribution in [0.25, 0.3) is 0 Å². The Kier molecular flexibility index (Phi) is 5.96. The number of aliphatic hydroxyl groups is 1. The van der Waals surface area contributed by atoms with Gasteiger partial charge in [0.25, 0.3) is 5.91 Å². The van der Waals surface area contributed by atoms with Crippen LogP contribution >= 0.6 is 43.2 Å². The maximum Gasteiger partial charge on any atom is 0.253 e. The predicted molar refractivity (Wildman–Crippen MR) is 72.9 cm³/mol. The van der Waals surface area contributed by atoms with Gasteiger partial charge in [-0.15, -0.1) is 11.3 Å². The number of hydrogen-bond donors (Lipinski definition) is 2. The molecule has 90 valence electrons. The van der Waals surface area contributed by atoms with Crippen molar-refractivity contribution >= 4 is 49.1 Å². The van der Waals surface area contributed by atoms with Crippen molar-refractivity contribution in [2.75, 3.05) is 13.2 Å². The molecule has 3 nitrogen and oxygen atoms in total. The standard InChI is InChI=1S/C10H13Br2NO2S/c1-6(2-3-14)5-13-10(15)7-4-8(11)16-9(7)12/h4,6,14H,2-3,5H2,1H3,(H,13,15). The van der Waals surface area contributed by atoms with Crippen molar-refractivity contribution in [3.63, 3.8) is 0 Å². The Hall–Kier alpha value is 0.0900. The summed E-state index contributed by atoms with van der Waals surface area (Å²) < 4.78 is 1.75. The van der Waals surface area contributed by atoms with Gasteiger partial charge in [-0.2, -0.15) is 0 Å². The van der Waals surface area contributed by atoms with Gasteiger partial charge in [-0.1, -0.05) is 6.92 Å². The molecule has 1 amide bonds. The van der Waals surface area contributed by atoms with Crippen LogP contribution in [0.1, 0.15) is 23.7 Å². The molecule has 6 heteroatoms. The zero-order chi connectivity index (χ0) is 12.1. The molecule has 0 aromatic carbocycles. The van der Waals surface area contributed by atoms with E-state index >= 15 is 0 Å². The Morgan fingerprint density at radius 3 is 2.81 bits per heavy atom. The van der Waals surface area contributed by atoms with Crippen LogP contribution in [0.3, 0.4) is 0 Å². The Labute approximate surface area is 116 Å². The summed E-state index contributed by atoms with van der Waals surface area (Å²) in [5.74, 6) is 0.202. The summed E-state index contributed by atoms with van der Waals surface area (Å²) in [6, 6.07) is 1.79. The first kappa shape index (κ1) is 14.2. The first-order chi connectivity index (χ1) is 7.54. The smallest absolute Gasteiger partial charge is 0.253 e. The van der Waals surface area contributed by atoms with Gasteiger partial charge in [0.1, 0.15) is 0 Å². The van der Waals surface area contributed by atoms with Crippen molar-refractivity contribution in [1.29, 1.82) is 0 Å². The lowest BCUT2D eigenvalue weighted by molar-refractivity contribution is 0.0945. The number of thiophene rings is 1. The Morgan fingerprint density at radius 2 is 2.31 bits per heavy atom. The predicted octanol–water partition coefficient (Wildman–Crippen LogP) is 3.02. The SMILES string of the molecule is CC(CCO)CNC(=O)c1cc(Br)sc1Br. The Bertz CT molecular complexity index is 368. The van der Waals surface area contributed by atoms with Crippen molar-refractivity contribution < 1.29 is 9.90 Å². The average molecular weight is 371 g/mol. The van der Waals surface area contributed by atoms with Gasteiger partial charge in [0.2, 0.25) is 0 Å². The topological polar surface area (TPSA) is 49.3 Å². The lowest BCUT2D eigenvalue weighted by atomic mass is 10.1.